The van der Waals surface area contributed by atoms with E-state index in [4.69, 9.17) is 10.5 Å². The van der Waals surface area contributed by atoms with E-state index in [9.17, 15) is 0 Å². The van der Waals surface area contributed by atoms with E-state index in [-0.39, 0.29) is 0 Å². The van der Waals surface area contributed by atoms with Crippen molar-refractivity contribution in [3.63, 3.8) is 0 Å². The summed E-state index contributed by atoms with van der Waals surface area (Å²) in [5.74, 6) is 5.40. The van der Waals surface area contributed by atoms with Gasteiger partial charge in [-0.05, 0) is 74.5 Å². The van der Waals surface area contributed by atoms with Crippen LogP contribution in [0.1, 0.15) is 51.4 Å². The maximum atomic E-state index is 6.70. The predicted molar refractivity (Wildman–Crippen MR) is 84.9 cm³/mol. The Morgan fingerprint density at radius 2 is 1.75 bits per heavy atom. The van der Waals surface area contributed by atoms with Crippen molar-refractivity contribution < 1.29 is 4.74 Å². The van der Waals surface area contributed by atoms with Gasteiger partial charge < -0.3 is 10.5 Å². The average molecular weight is 295 g/mol. The number of nitrogens with two attached hydrogens (primary N) is 1. The third-order valence-corrected chi connectivity index (χ3v) is 7.70. The summed E-state index contributed by atoms with van der Waals surface area (Å²) in [5, 5.41) is 0. The molecule has 3 heteroatoms. The summed E-state index contributed by atoms with van der Waals surface area (Å²) >= 11 is 2.06. The second-order valence-corrected chi connectivity index (χ2v) is 9.13. The summed E-state index contributed by atoms with van der Waals surface area (Å²) in [7, 11) is 0. The Balaban J connectivity index is 1.32. The number of hydrogen-bond acceptors (Lipinski definition) is 3. The van der Waals surface area contributed by atoms with E-state index in [1.807, 2.05) is 0 Å². The monoisotopic (exact) mass is 295 g/mol. The summed E-state index contributed by atoms with van der Waals surface area (Å²) < 4.78 is 5.72. The maximum absolute atomic E-state index is 6.70. The molecule has 5 fully saturated rings. The van der Waals surface area contributed by atoms with E-state index in [0.29, 0.717) is 17.6 Å². The molecule has 20 heavy (non-hydrogen) atoms. The molecule has 2 nitrogen and oxygen atoms in total. The lowest BCUT2D eigenvalue weighted by atomic mass is 9.48. The molecule has 1 heterocycles. The standard InChI is InChI=1S/C17H29NOS/c18-16(11-20-10-15-2-1-3-19-15)17-7-12-4-13(8-17)6-14(5-12)9-17/h12-16H,1-11,18H2. The predicted octanol–water partition coefficient (Wildman–Crippen LogP) is 3.44. The first-order valence-electron chi connectivity index (χ1n) is 8.68. The summed E-state index contributed by atoms with van der Waals surface area (Å²) in [6, 6.07) is 0.433. The molecule has 5 aliphatic rings. The van der Waals surface area contributed by atoms with Gasteiger partial charge in [0.1, 0.15) is 0 Å². The van der Waals surface area contributed by atoms with Crippen molar-refractivity contribution in [3.05, 3.63) is 0 Å². The van der Waals surface area contributed by atoms with Crippen LogP contribution >= 0.6 is 11.8 Å². The zero-order valence-corrected chi connectivity index (χ0v) is 13.4. The highest BCUT2D eigenvalue weighted by Gasteiger charge is 2.53. The van der Waals surface area contributed by atoms with Crippen molar-refractivity contribution in [1.82, 2.24) is 0 Å². The highest BCUT2D eigenvalue weighted by atomic mass is 32.2. The molecule has 1 aliphatic heterocycles. The fourth-order valence-electron chi connectivity index (χ4n) is 5.91. The van der Waals surface area contributed by atoms with Crippen LogP contribution in [-0.2, 0) is 4.74 Å². The van der Waals surface area contributed by atoms with Gasteiger partial charge in [-0.2, -0.15) is 11.8 Å². The molecule has 0 aromatic heterocycles. The molecule has 4 saturated carbocycles. The normalized spacial score (nSPS) is 47.9. The van der Waals surface area contributed by atoms with Crippen LogP contribution in [-0.4, -0.2) is 30.3 Å². The molecule has 5 rings (SSSR count). The van der Waals surface area contributed by atoms with Crippen LogP contribution in [0.3, 0.4) is 0 Å². The molecule has 2 atom stereocenters. The first kappa shape index (κ1) is 13.9. The van der Waals surface area contributed by atoms with Crippen molar-refractivity contribution in [1.29, 1.82) is 0 Å². The number of hydrogen-bond donors (Lipinski definition) is 1. The molecule has 0 aromatic rings. The first-order chi connectivity index (χ1) is 9.73. The number of ether oxygens (including phenoxy) is 1. The number of thioether (sulfide) groups is 1. The van der Waals surface area contributed by atoms with Gasteiger partial charge in [-0.1, -0.05) is 0 Å². The lowest BCUT2D eigenvalue weighted by Crippen LogP contribution is -2.55. The minimum Gasteiger partial charge on any atom is -0.377 e. The molecule has 4 bridgehead atoms. The molecule has 0 radical (unpaired) electrons. The van der Waals surface area contributed by atoms with Crippen LogP contribution in [0.2, 0.25) is 0 Å². The number of rotatable bonds is 5. The largest absolute Gasteiger partial charge is 0.377 e. The topological polar surface area (TPSA) is 35.2 Å². The molecule has 114 valence electrons. The molecule has 0 amide bonds. The lowest BCUT2D eigenvalue weighted by Gasteiger charge is -2.59. The van der Waals surface area contributed by atoms with Gasteiger partial charge in [0.2, 0.25) is 0 Å². The van der Waals surface area contributed by atoms with Gasteiger partial charge in [0.05, 0.1) is 6.10 Å². The van der Waals surface area contributed by atoms with Crippen molar-refractivity contribution in [3.8, 4) is 0 Å². The van der Waals surface area contributed by atoms with Crippen molar-refractivity contribution in [2.45, 2.75) is 63.5 Å². The van der Waals surface area contributed by atoms with Crippen LogP contribution in [0.5, 0.6) is 0 Å². The Labute approximate surface area is 127 Å². The Bertz CT molecular complexity index is 318. The average Bonchev–Trinajstić information content (AvgIpc) is 2.90. The zero-order chi connectivity index (χ0) is 13.6. The summed E-state index contributed by atoms with van der Waals surface area (Å²) in [5.41, 5.74) is 7.22. The van der Waals surface area contributed by atoms with Gasteiger partial charge in [-0.25, -0.2) is 0 Å². The van der Waals surface area contributed by atoms with Crippen molar-refractivity contribution in [2.75, 3.05) is 18.1 Å². The summed E-state index contributed by atoms with van der Waals surface area (Å²) in [6.45, 7) is 0.978. The molecule has 0 aromatic carbocycles. The van der Waals surface area contributed by atoms with Gasteiger partial charge in [0.15, 0.2) is 0 Å². The van der Waals surface area contributed by atoms with Crippen molar-refractivity contribution in [2.24, 2.45) is 28.9 Å². The van der Waals surface area contributed by atoms with Gasteiger partial charge in [0, 0.05) is 24.2 Å². The SMILES string of the molecule is NC(CSCC1CCCO1)C12CC3CC(CC(C3)C1)C2. The van der Waals surface area contributed by atoms with Crippen molar-refractivity contribution >= 4 is 11.8 Å². The molecule has 1 saturated heterocycles. The minimum absolute atomic E-state index is 0.433. The van der Waals surface area contributed by atoms with E-state index in [0.717, 1.165) is 30.1 Å². The van der Waals surface area contributed by atoms with E-state index in [1.54, 1.807) is 0 Å². The second kappa shape index (κ2) is 5.48. The Morgan fingerprint density at radius 1 is 1.10 bits per heavy atom. The second-order valence-electron chi connectivity index (χ2n) is 8.06. The van der Waals surface area contributed by atoms with Crippen LogP contribution < -0.4 is 5.73 Å². The Kier molecular flexibility index (Phi) is 3.81. The zero-order valence-electron chi connectivity index (χ0n) is 12.6. The third-order valence-electron chi connectivity index (χ3n) is 6.50. The fraction of sp³-hybridized carbons (Fsp3) is 1.00. The van der Waals surface area contributed by atoms with E-state index in [1.165, 1.54) is 57.1 Å². The first-order valence-corrected chi connectivity index (χ1v) is 9.84. The molecule has 0 spiro atoms. The molecule has 4 aliphatic carbocycles. The molecular weight excluding hydrogens is 266 g/mol. The quantitative estimate of drug-likeness (QED) is 0.844. The van der Waals surface area contributed by atoms with Crippen LogP contribution in [0.25, 0.3) is 0 Å². The molecule has 2 N–H and O–H groups in total. The third kappa shape index (κ3) is 2.55. The van der Waals surface area contributed by atoms with Crippen LogP contribution in [0, 0.1) is 23.2 Å². The van der Waals surface area contributed by atoms with Gasteiger partial charge in [-0.15, -0.1) is 0 Å². The highest BCUT2D eigenvalue weighted by molar-refractivity contribution is 7.99. The summed E-state index contributed by atoms with van der Waals surface area (Å²) in [6.07, 6.45) is 11.9. The molecular formula is C17H29NOS. The van der Waals surface area contributed by atoms with E-state index in [2.05, 4.69) is 11.8 Å². The van der Waals surface area contributed by atoms with Gasteiger partial charge >= 0.3 is 0 Å². The van der Waals surface area contributed by atoms with E-state index < -0.39 is 0 Å². The smallest absolute Gasteiger partial charge is 0.0666 e. The Morgan fingerprint density at radius 3 is 2.30 bits per heavy atom. The van der Waals surface area contributed by atoms with E-state index >= 15 is 0 Å². The van der Waals surface area contributed by atoms with Gasteiger partial charge in [-0.3, -0.25) is 0 Å². The maximum Gasteiger partial charge on any atom is 0.0666 e. The highest BCUT2D eigenvalue weighted by Crippen LogP contribution is 2.61. The minimum atomic E-state index is 0.433. The lowest BCUT2D eigenvalue weighted by molar-refractivity contribution is -0.0629. The Hall–Kier alpha value is 0.270. The fourth-order valence-corrected chi connectivity index (χ4v) is 7.18. The molecule has 2 unspecified atom stereocenters. The van der Waals surface area contributed by atoms with Gasteiger partial charge in [0.25, 0.3) is 0 Å². The van der Waals surface area contributed by atoms with Crippen LogP contribution in [0.4, 0.5) is 0 Å². The summed E-state index contributed by atoms with van der Waals surface area (Å²) in [4.78, 5) is 0. The van der Waals surface area contributed by atoms with Crippen LogP contribution in [0.15, 0.2) is 0 Å².